The van der Waals surface area contributed by atoms with Gasteiger partial charge in [-0.1, -0.05) is 30.3 Å². The van der Waals surface area contributed by atoms with Crippen LogP contribution in [0.5, 0.6) is 0 Å². The number of benzene rings is 1. The zero-order valence-electron chi connectivity index (χ0n) is 14.1. The number of carbonyl (C=O) groups excluding carboxylic acids is 1. The molecule has 3 heteroatoms. The van der Waals surface area contributed by atoms with E-state index in [1.165, 1.54) is 44.1 Å². The van der Waals surface area contributed by atoms with Gasteiger partial charge in [0.1, 0.15) is 0 Å². The normalized spacial score (nSPS) is 34.8. The fourth-order valence-corrected chi connectivity index (χ4v) is 5.77. The number of carbonyl (C=O) groups is 1. The van der Waals surface area contributed by atoms with Gasteiger partial charge in [0.15, 0.2) is 0 Å². The number of nitrogens with zero attached hydrogens (tertiary/aromatic N) is 1. The van der Waals surface area contributed by atoms with Crippen molar-refractivity contribution in [1.82, 2.24) is 10.2 Å². The van der Waals surface area contributed by atoms with Gasteiger partial charge >= 0.3 is 0 Å². The van der Waals surface area contributed by atoms with E-state index in [0.717, 1.165) is 17.8 Å². The lowest BCUT2D eigenvalue weighted by Gasteiger charge is -2.59. The number of rotatable bonds is 5. The van der Waals surface area contributed by atoms with Crippen molar-refractivity contribution < 1.29 is 4.79 Å². The Morgan fingerprint density at radius 2 is 1.65 bits per heavy atom. The van der Waals surface area contributed by atoms with E-state index in [-0.39, 0.29) is 5.91 Å². The van der Waals surface area contributed by atoms with Crippen LogP contribution in [-0.4, -0.2) is 29.9 Å². The van der Waals surface area contributed by atoms with Gasteiger partial charge in [0.25, 0.3) is 0 Å². The highest BCUT2D eigenvalue weighted by molar-refractivity contribution is 5.78. The average molecular weight is 312 g/mol. The lowest BCUT2D eigenvalue weighted by atomic mass is 9.52. The molecule has 3 nitrogen and oxygen atoms in total. The Bertz CT molecular complexity index is 533. The first-order valence-corrected chi connectivity index (χ1v) is 9.15. The minimum absolute atomic E-state index is 0.159. The molecule has 124 valence electrons. The minimum Gasteiger partial charge on any atom is -0.351 e. The summed E-state index contributed by atoms with van der Waals surface area (Å²) in [4.78, 5) is 14.8. The highest BCUT2D eigenvalue weighted by Gasteiger charge is 2.52. The number of hydrogen-bond acceptors (Lipinski definition) is 2. The molecule has 4 fully saturated rings. The van der Waals surface area contributed by atoms with Gasteiger partial charge in [-0.25, -0.2) is 0 Å². The fraction of sp³-hybridized carbons (Fsp3) is 0.650. The van der Waals surface area contributed by atoms with Gasteiger partial charge in [0.2, 0.25) is 5.91 Å². The van der Waals surface area contributed by atoms with Crippen LogP contribution in [0.2, 0.25) is 0 Å². The first-order chi connectivity index (χ1) is 11.1. The van der Waals surface area contributed by atoms with Gasteiger partial charge in [0.05, 0.1) is 6.54 Å². The van der Waals surface area contributed by atoms with Crippen molar-refractivity contribution in [2.75, 3.05) is 13.6 Å². The average Bonchev–Trinajstić information content (AvgIpc) is 2.52. The van der Waals surface area contributed by atoms with Crippen LogP contribution in [0, 0.1) is 17.8 Å². The molecule has 4 aliphatic carbocycles. The van der Waals surface area contributed by atoms with E-state index < -0.39 is 0 Å². The van der Waals surface area contributed by atoms with Crippen molar-refractivity contribution in [3.05, 3.63) is 35.9 Å². The molecule has 0 heterocycles. The van der Waals surface area contributed by atoms with Crippen molar-refractivity contribution in [3.8, 4) is 0 Å². The molecule has 0 aliphatic heterocycles. The molecular weight excluding hydrogens is 284 g/mol. The number of nitrogens with one attached hydrogen (secondary N) is 1. The van der Waals surface area contributed by atoms with Crippen LogP contribution >= 0.6 is 0 Å². The van der Waals surface area contributed by atoms with Gasteiger partial charge in [-0.2, -0.15) is 0 Å². The van der Waals surface area contributed by atoms with E-state index in [4.69, 9.17) is 0 Å². The first-order valence-electron chi connectivity index (χ1n) is 9.15. The van der Waals surface area contributed by atoms with Crippen LogP contribution in [-0.2, 0) is 11.3 Å². The Hall–Kier alpha value is -1.35. The molecule has 4 saturated carbocycles. The molecule has 1 aromatic rings. The molecule has 0 spiro atoms. The van der Waals surface area contributed by atoms with Crippen molar-refractivity contribution in [3.63, 3.8) is 0 Å². The Kier molecular flexibility index (Phi) is 3.92. The van der Waals surface area contributed by atoms with Crippen molar-refractivity contribution >= 4 is 5.91 Å². The molecule has 0 atom stereocenters. The Morgan fingerprint density at radius 3 is 2.22 bits per heavy atom. The molecule has 0 radical (unpaired) electrons. The molecule has 23 heavy (non-hydrogen) atoms. The summed E-state index contributed by atoms with van der Waals surface area (Å²) in [6.45, 7) is 1.17. The third-order valence-corrected chi connectivity index (χ3v) is 6.53. The van der Waals surface area contributed by atoms with Crippen molar-refractivity contribution in [2.24, 2.45) is 17.8 Å². The quantitative estimate of drug-likeness (QED) is 0.905. The third-order valence-electron chi connectivity index (χ3n) is 6.53. The predicted octanol–water partition coefficient (Wildman–Crippen LogP) is 3.20. The Labute approximate surface area is 139 Å². The summed E-state index contributed by atoms with van der Waals surface area (Å²) in [5.41, 5.74) is 1.48. The molecule has 0 saturated heterocycles. The minimum atomic E-state index is 0.159. The number of amides is 1. The van der Waals surface area contributed by atoms with Crippen molar-refractivity contribution in [2.45, 2.75) is 50.6 Å². The lowest BCUT2D eigenvalue weighted by molar-refractivity contribution is -0.128. The second kappa shape index (κ2) is 5.94. The summed E-state index contributed by atoms with van der Waals surface area (Å²) < 4.78 is 0. The van der Waals surface area contributed by atoms with Gasteiger partial charge in [-0.15, -0.1) is 0 Å². The van der Waals surface area contributed by atoms with Crippen LogP contribution < -0.4 is 5.32 Å². The fourth-order valence-electron chi connectivity index (χ4n) is 5.77. The maximum absolute atomic E-state index is 12.4. The lowest BCUT2D eigenvalue weighted by Crippen LogP contribution is -2.60. The van der Waals surface area contributed by atoms with E-state index in [1.807, 2.05) is 18.2 Å². The molecule has 1 aromatic carbocycles. The van der Waals surface area contributed by atoms with E-state index in [9.17, 15) is 4.79 Å². The molecule has 5 rings (SSSR count). The van der Waals surface area contributed by atoms with E-state index >= 15 is 0 Å². The van der Waals surface area contributed by atoms with E-state index in [0.29, 0.717) is 18.6 Å². The van der Waals surface area contributed by atoms with Gasteiger partial charge in [-0.3, -0.25) is 9.69 Å². The van der Waals surface area contributed by atoms with Crippen LogP contribution in [0.15, 0.2) is 30.3 Å². The molecule has 0 aromatic heterocycles. The molecule has 0 unspecified atom stereocenters. The zero-order chi connectivity index (χ0) is 15.9. The Morgan fingerprint density at radius 1 is 1.09 bits per heavy atom. The smallest absolute Gasteiger partial charge is 0.234 e. The highest BCUT2D eigenvalue weighted by atomic mass is 16.2. The number of likely N-dealkylation sites (N-methyl/N-ethyl adjacent to an activating group) is 1. The van der Waals surface area contributed by atoms with Gasteiger partial charge in [0, 0.05) is 12.1 Å². The molecule has 1 amide bonds. The maximum Gasteiger partial charge on any atom is 0.234 e. The van der Waals surface area contributed by atoms with E-state index in [2.05, 4.69) is 29.4 Å². The SMILES string of the molecule is CN(CC(=O)NCc1ccccc1)C12CC3CC(CC(C3)C1)C2. The molecule has 4 aliphatic rings. The summed E-state index contributed by atoms with van der Waals surface area (Å²) in [6.07, 6.45) is 8.32. The zero-order valence-corrected chi connectivity index (χ0v) is 14.1. The monoisotopic (exact) mass is 312 g/mol. The second-order valence-corrected chi connectivity index (χ2v) is 8.26. The Balaban J connectivity index is 1.34. The standard InChI is InChI=1S/C20H28N2O/c1-22(14-19(23)21-13-15-5-3-2-4-6-15)20-10-16-7-17(11-20)9-18(8-16)12-20/h2-6,16-18H,7-14H2,1H3,(H,21,23). The summed E-state index contributed by atoms with van der Waals surface area (Å²) in [6, 6.07) is 10.2. The highest BCUT2D eigenvalue weighted by Crippen LogP contribution is 2.57. The second-order valence-electron chi connectivity index (χ2n) is 8.26. The summed E-state index contributed by atoms with van der Waals surface area (Å²) in [7, 11) is 2.18. The third kappa shape index (κ3) is 3.03. The maximum atomic E-state index is 12.4. The largest absolute Gasteiger partial charge is 0.351 e. The molecule has 4 bridgehead atoms. The van der Waals surface area contributed by atoms with E-state index in [1.54, 1.807) is 0 Å². The van der Waals surface area contributed by atoms with Crippen LogP contribution in [0.3, 0.4) is 0 Å². The van der Waals surface area contributed by atoms with Crippen LogP contribution in [0.25, 0.3) is 0 Å². The van der Waals surface area contributed by atoms with Crippen molar-refractivity contribution in [1.29, 1.82) is 0 Å². The summed E-state index contributed by atoms with van der Waals surface area (Å²) >= 11 is 0. The van der Waals surface area contributed by atoms with Gasteiger partial charge in [-0.05, 0) is 68.9 Å². The first kappa shape index (κ1) is 15.2. The summed E-state index contributed by atoms with van der Waals surface area (Å²) in [5.74, 6) is 2.94. The molecule has 1 N–H and O–H groups in total. The predicted molar refractivity (Wildman–Crippen MR) is 91.8 cm³/mol. The molecular formula is C20H28N2O. The topological polar surface area (TPSA) is 32.3 Å². The van der Waals surface area contributed by atoms with Crippen LogP contribution in [0.4, 0.5) is 0 Å². The van der Waals surface area contributed by atoms with Crippen LogP contribution in [0.1, 0.15) is 44.1 Å². The summed E-state index contributed by atoms with van der Waals surface area (Å²) in [5, 5.41) is 3.08. The number of hydrogen-bond donors (Lipinski definition) is 1. The van der Waals surface area contributed by atoms with Gasteiger partial charge < -0.3 is 5.32 Å².